The van der Waals surface area contributed by atoms with E-state index in [9.17, 15) is 14.4 Å². The predicted octanol–water partition coefficient (Wildman–Crippen LogP) is 3.41. The van der Waals surface area contributed by atoms with Crippen molar-refractivity contribution in [1.29, 1.82) is 0 Å². The Bertz CT molecular complexity index is 1290. The highest BCUT2D eigenvalue weighted by atomic mass is 16.6. The summed E-state index contributed by atoms with van der Waals surface area (Å²) in [6.45, 7) is 1.64. The summed E-state index contributed by atoms with van der Waals surface area (Å²) in [5, 5.41) is 6.45. The van der Waals surface area contributed by atoms with Crippen molar-refractivity contribution < 1.29 is 33.3 Å². The third-order valence-corrected chi connectivity index (χ3v) is 4.99. The Morgan fingerprint density at radius 3 is 2.11 bits per heavy atom. The molecule has 0 heterocycles. The van der Waals surface area contributed by atoms with E-state index in [1.54, 1.807) is 73.7 Å². The molecule has 0 bridgehead atoms. The number of esters is 1. The zero-order valence-corrected chi connectivity index (χ0v) is 20.2. The number of para-hydroxylation sites is 1. The zero-order chi connectivity index (χ0) is 26.1. The molecule has 0 aromatic heterocycles. The van der Waals surface area contributed by atoms with Crippen LogP contribution in [0.4, 0.5) is 5.69 Å². The summed E-state index contributed by atoms with van der Waals surface area (Å²) in [6, 6.07) is 18.0. The maximum atomic E-state index is 12.6. The third kappa shape index (κ3) is 6.38. The molecule has 0 aliphatic heterocycles. The Balaban J connectivity index is 1.66. The van der Waals surface area contributed by atoms with Crippen LogP contribution < -0.4 is 29.7 Å². The number of anilines is 1. The highest BCUT2D eigenvalue weighted by Gasteiger charge is 2.18. The van der Waals surface area contributed by atoms with Gasteiger partial charge in [0.05, 0.1) is 27.0 Å². The SMILES string of the molecule is COc1ccc(NC(=O)C(=O)N/N=C(\C)c2ccc(OC(=O)c3ccccc3OC)c(OC)c2)cc1. The molecule has 0 aliphatic rings. The average Bonchev–Trinajstić information content (AvgIpc) is 2.91. The molecule has 0 saturated heterocycles. The second-order valence-corrected chi connectivity index (χ2v) is 7.28. The second-order valence-electron chi connectivity index (χ2n) is 7.28. The van der Waals surface area contributed by atoms with Gasteiger partial charge >= 0.3 is 17.8 Å². The number of benzene rings is 3. The molecular formula is C26H25N3O7. The molecule has 0 radical (unpaired) electrons. The molecule has 2 amide bonds. The van der Waals surface area contributed by atoms with E-state index in [2.05, 4.69) is 15.8 Å². The Morgan fingerprint density at radius 1 is 0.750 bits per heavy atom. The molecule has 10 nitrogen and oxygen atoms in total. The number of hydrazone groups is 1. The van der Waals surface area contributed by atoms with Gasteiger partial charge in [-0.25, -0.2) is 10.2 Å². The van der Waals surface area contributed by atoms with Crippen LogP contribution in [0.3, 0.4) is 0 Å². The van der Waals surface area contributed by atoms with Crippen molar-refractivity contribution >= 4 is 29.2 Å². The number of nitrogens with one attached hydrogen (secondary N) is 2. The van der Waals surface area contributed by atoms with E-state index in [0.717, 1.165) is 0 Å². The standard InChI is InChI=1S/C26H25N3O7/c1-16(28-29-25(31)24(30)27-18-10-12-19(33-2)13-11-18)17-9-14-22(23(15-17)35-4)36-26(32)20-7-5-6-8-21(20)34-3/h5-15H,1-4H3,(H,27,30)(H,29,31)/b28-16+. The van der Waals surface area contributed by atoms with E-state index >= 15 is 0 Å². The van der Waals surface area contributed by atoms with Crippen molar-refractivity contribution in [3.63, 3.8) is 0 Å². The van der Waals surface area contributed by atoms with Gasteiger partial charge in [0.1, 0.15) is 17.1 Å². The van der Waals surface area contributed by atoms with Crippen LogP contribution in [0.1, 0.15) is 22.8 Å². The van der Waals surface area contributed by atoms with Gasteiger partial charge in [-0.3, -0.25) is 9.59 Å². The second kappa shape index (κ2) is 12.0. The van der Waals surface area contributed by atoms with Gasteiger partial charge in [0.2, 0.25) is 0 Å². The number of hydrogen-bond acceptors (Lipinski definition) is 8. The molecule has 3 aromatic carbocycles. The lowest BCUT2D eigenvalue weighted by Gasteiger charge is -2.12. The minimum Gasteiger partial charge on any atom is -0.497 e. The lowest BCUT2D eigenvalue weighted by Crippen LogP contribution is -2.32. The van der Waals surface area contributed by atoms with Crippen LogP contribution in [0.25, 0.3) is 0 Å². The van der Waals surface area contributed by atoms with Gasteiger partial charge in [-0.15, -0.1) is 0 Å². The number of methoxy groups -OCH3 is 3. The predicted molar refractivity (Wildman–Crippen MR) is 133 cm³/mol. The van der Waals surface area contributed by atoms with Gasteiger partial charge in [-0.1, -0.05) is 12.1 Å². The molecule has 0 unspecified atom stereocenters. The summed E-state index contributed by atoms with van der Waals surface area (Å²) < 4.78 is 21.1. The summed E-state index contributed by atoms with van der Waals surface area (Å²) in [6.07, 6.45) is 0. The summed E-state index contributed by atoms with van der Waals surface area (Å²) in [4.78, 5) is 36.9. The number of nitrogens with zero attached hydrogens (tertiary/aromatic N) is 1. The molecule has 2 N–H and O–H groups in total. The molecule has 0 spiro atoms. The fourth-order valence-electron chi connectivity index (χ4n) is 3.06. The Labute approximate surface area is 207 Å². The largest absolute Gasteiger partial charge is 0.497 e. The monoisotopic (exact) mass is 491 g/mol. The van der Waals surface area contributed by atoms with Crippen molar-refractivity contribution in [3.8, 4) is 23.0 Å². The van der Waals surface area contributed by atoms with Crippen LogP contribution in [-0.2, 0) is 9.59 Å². The molecule has 0 fully saturated rings. The first-order valence-electron chi connectivity index (χ1n) is 10.7. The summed E-state index contributed by atoms with van der Waals surface area (Å²) in [5.41, 5.74) is 3.87. The van der Waals surface area contributed by atoms with Crippen LogP contribution >= 0.6 is 0 Å². The highest BCUT2D eigenvalue weighted by molar-refractivity contribution is 6.39. The lowest BCUT2D eigenvalue weighted by atomic mass is 10.1. The minimum atomic E-state index is -0.945. The third-order valence-electron chi connectivity index (χ3n) is 4.99. The van der Waals surface area contributed by atoms with Gasteiger partial charge in [-0.2, -0.15) is 5.10 Å². The Morgan fingerprint density at radius 2 is 1.44 bits per heavy atom. The summed E-state index contributed by atoms with van der Waals surface area (Å²) in [5.74, 6) is -0.977. The fraction of sp³-hybridized carbons (Fsp3) is 0.154. The van der Waals surface area contributed by atoms with Gasteiger partial charge in [0.15, 0.2) is 11.5 Å². The zero-order valence-electron chi connectivity index (χ0n) is 20.2. The van der Waals surface area contributed by atoms with Crippen molar-refractivity contribution in [2.24, 2.45) is 5.10 Å². The molecule has 3 aromatic rings. The number of hydrogen-bond donors (Lipinski definition) is 2. The lowest BCUT2D eigenvalue weighted by molar-refractivity contribution is -0.136. The molecule has 0 aliphatic carbocycles. The molecular weight excluding hydrogens is 466 g/mol. The number of rotatable bonds is 8. The van der Waals surface area contributed by atoms with Crippen LogP contribution in [0, 0.1) is 0 Å². The number of carbonyl (C=O) groups excluding carboxylic acids is 3. The Kier molecular flexibility index (Phi) is 8.60. The van der Waals surface area contributed by atoms with Crippen molar-refractivity contribution in [2.45, 2.75) is 6.92 Å². The van der Waals surface area contributed by atoms with Crippen LogP contribution in [0.5, 0.6) is 23.0 Å². The van der Waals surface area contributed by atoms with Crippen LogP contribution in [0.15, 0.2) is 71.8 Å². The number of amides is 2. The highest BCUT2D eigenvalue weighted by Crippen LogP contribution is 2.30. The van der Waals surface area contributed by atoms with E-state index in [4.69, 9.17) is 18.9 Å². The van der Waals surface area contributed by atoms with Crippen molar-refractivity contribution in [3.05, 3.63) is 77.9 Å². The van der Waals surface area contributed by atoms with Crippen LogP contribution in [-0.4, -0.2) is 44.8 Å². The van der Waals surface area contributed by atoms with E-state index in [1.165, 1.54) is 21.3 Å². The molecule has 36 heavy (non-hydrogen) atoms. The normalized spacial score (nSPS) is 10.7. The van der Waals surface area contributed by atoms with Crippen molar-refractivity contribution in [2.75, 3.05) is 26.6 Å². The fourth-order valence-corrected chi connectivity index (χ4v) is 3.06. The number of carbonyl (C=O) groups is 3. The maximum absolute atomic E-state index is 12.6. The van der Waals surface area contributed by atoms with E-state index < -0.39 is 17.8 Å². The van der Waals surface area contributed by atoms with Gasteiger partial charge in [0.25, 0.3) is 0 Å². The summed E-state index contributed by atoms with van der Waals surface area (Å²) in [7, 11) is 4.42. The van der Waals surface area contributed by atoms with E-state index in [-0.39, 0.29) is 17.1 Å². The molecule has 3 rings (SSSR count). The first kappa shape index (κ1) is 25.8. The van der Waals surface area contributed by atoms with E-state index in [0.29, 0.717) is 28.5 Å². The topological polar surface area (TPSA) is 125 Å². The Hall–Kier alpha value is -4.86. The molecule has 10 heteroatoms. The molecule has 186 valence electrons. The minimum absolute atomic E-state index is 0.188. The van der Waals surface area contributed by atoms with Gasteiger partial charge in [-0.05, 0) is 61.5 Å². The maximum Gasteiger partial charge on any atom is 0.347 e. The smallest absolute Gasteiger partial charge is 0.347 e. The average molecular weight is 492 g/mol. The summed E-state index contributed by atoms with van der Waals surface area (Å²) >= 11 is 0. The van der Waals surface area contributed by atoms with Crippen LogP contribution in [0.2, 0.25) is 0 Å². The van der Waals surface area contributed by atoms with Gasteiger partial charge < -0.3 is 24.3 Å². The molecule has 0 saturated carbocycles. The van der Waals surface area contributed by atoms with Gasteiger partial charge in [0, 0.05) is 11.3 Å². The number of ether oxygens (including phenoxy) is 4. The first-order valence-corrected chi connectivity index (χ1v) is 10.7. The quantitative estimate of drug-likeness (QED) is 0.163. The molecule has 0 atom stereocenters. The first-order chi connectivity index (χ1) is 17.4. The van der Waals surface area contributed by atoms with Crippen molar-refractivity contribution in [1.82, 2.24) is 5.43 Å². The van der Waals surface area contributed by atoms with E-state index in [1.807, 2.05) is 0 Å².